The van der Waals surface area contributed by atoms with Gasteiger partial charge in [-0.15, -0.1) is 0 Å². The van der Waals surface area contributed by atoms with E-state index in [0.717, 1.165) is 12.1 Å². The monoisotopic (exact) mass is 269 g/mol. The standard InChI is InChI=1S/C10H7ClN2O5/c11-7-2-1-6(5-8(7)13(17)18)12-9(14)3-4-10(15)16/h1-5H,(H,12,14)(H,15,16)/p-1/b4-3-. The van der Waals surface area contributed by atoms with Crippen LogP contribution in [0.15, 0.2) is 30.4 Å². The molecule has 1 rings (SSSR count). The second-order valence-electron chi connectivity index (χ2n) is 3.06. The normalized spacial score (nSPS) is 10.3. The number of hydrogen-bond donors (Lipinski definition) is 1. The fourth-order valence-electron chi connectivity index (χ4n) is 1.06. The zero-order valence-corrected chi connectivity index (χ0v) is 9.51. The van der Waals surface area contributed by atoms with Crippen LogP contribution in [0.1, 0.15) is 0 Å². The Morgan fingerprint density at radius 3 is 2.56 bits per heavy atom. The highest BCUT2D eigenvalue weighted by atomic mass is 35.5. The van der Waals surface area contributed by atoms with E-state index in [1.165, 1.54) is 12.1 Å². The summed E-state index contributed by atoms with van der Waals surface area (Å²) >= 11 is 5.58. The first-order valence-corrected chi connectivity index (χ1v) is 4.92. The maximum absolute atomic E-state index is 11.2. The van der Waals surface area contributed by atoms with Crippen molar-refractivity contribution in [2.75, 3.05) is 5.32 Å². The number of nitrogens with zero attached hydrogens (tertiary/aromatic N) is 1. The van der Waals surface area contributed by atoms with E-state index >= 15 is 0 Å². The molecular formula is C10H6ClN2O5-. The zero-order chi connectivity index (χ0) is 13.7. The summed E-state index contributed by atoms with van der Waals surface area (Å²) in [5, 5.41) is 22.8. The van der Waals surface area contributed by atoms with Crippen molar-refractivity contribution in [2.45, 2.75) is 0 Å². The number of carboxylic acid groups (broad SMARTS) is 1. The van der Waals surface area contributed by atoms with Gasteiger partial charge in [0, 0.05) is 17.8 Å². The lowest BCUT2D eigenvalue weighted by Crippen LogP contribution is -2.20. The third kappa shape index (κ3) is 3.87. The summed E-state index contributed by atoms with van der Waals surface area (Å²) in [5.74, 6) is -2.27. The molecule has 1 amide bonds. The number of nitrogens with one attached hydrogen (secondary N) is 1. The predicted molar refractivity (Wildman–Crippen MR) is 60.9 cm³/mol. The minimum atomic E-state index is -1.52. The third-order valence-electron chi connectivity index (χ3n) is 1.78. The minimum absolute atomic E-state index is 0.0664. The van der Waals surface area contributed by atoms with Gasteiger partial charge in [-0.25, -0.2) is 0 Å². The van der Waals surface area contributed by atoms with Gasteiger partial charge in [-0.05, 0) is 18.2 Å². The molecule has 0 aliphatic rings. The Bertz CT molecular complexity index is 541. The van der Waals surface area contributed by atoms with Crippen molar-refractivity contribution in [3.05, 3.63) is 45.5 Å². The topological polar surface area (TPSA) is 112 Å². The molecule has 18 heavy (non-hydrogen) atoms. The first-order valence-electron chi connectivity index (χ1n) is 4.54. The van der Waals surface area contributed by atoms with Crippen LogP contribution in [0.2, 0.25) is 5.02 Å². The van der Waals surface area contributed by atoms with E-state index < -0.39 is 16.8 Å². The van der Waals surface area contributed by atoms with Gasteiger partial charge in [0.1, 0.15) is 5.02 Å². The number of carbonyl (C=O) groups is 2. The number of carbonyl (C=O) groups excluding carboxylic acids is 2. The molecule has 0 heterocycles. The van der Waals surface area contributed by atoms with Crippen molar-refractivity contribution in [1.82, 2.24) is 0 Å². The molecule has 0 spiro atoms. The van der Waals surface area contributed by atoms with Crippen LogP contribution in [0.25, 0.3) is 0 Å². The van der Waals surface area contributed by atoms with Crippen molar-refractivity contribution < 1.29 is 19.6 Å². The minimum Gasteiger partial charge on any atom is -0.545 e. The number of halogens is 1. The molecule has 0 atom stereocenters. The maximum Gasteiger partial charge on any atom is 0.289 e. The predicted octanol–water partition coefficient (Wildman–Crippen LogP) is 0.493. The van der Waals surface area contributed by atoms with Crippen LogP contribution in [-0.4, -0.2) is 16.8 Å². The number of rotatable bonds is 4. The van der Waals surface area contributed by atoms with Gasteiger partial charge in [-0.2, -0.15) is 0 Å². The molecule has 0 saturated heterocycles. The molecule has 94 valence electrons. The molecule has 8 heteroatoms. The van der Waals surface area contributed by atoms with Crippen LogP contribution in [0.5, 0.6) is 0 Å². The third-order valence-corrected chi connectivity index (χ3v) is 2.10. The molecule has 1 aromatic carbocycles. The van der Waals surface area contributed by atoms with Gasteiger partial charge in [0.25, 0.3) is 5.69 Å². The molecular weight excluding hydrogens is 264 g/mol. The van der Waals surface area contributed by atoms with Gasteiger partial charge in [0.2, 0.25) is 5.91 Å². The number of anilines is 1. The van der Waals surface area contributed by atoms with E-state index in [4.69, 9.17) is 11.6 Å². The number of aliphatic carboxylic acids is 1. The summed E-state index contributed by atoms with van der Waals surface area (Å²) in [4.78, 5) is 31.1. The second kappa shape index (κ2) is 5.78. The number of hydrogen-bond acceptors (Lipinski definition) is 5. The smallest absolute Gasteiger partial charge is 0.289 e. The number of benzene rings is 1. The summed E-state index contributed by atoms with van der Waals surface area (Å²) in [6.45, 7) is 0. The lowest BCUT2D eigenvalue weighted by molar-refractivity contribution is -0.384. The highest BCUT2D eigenvalue weighted by Crippen LogP contribution is 2.27. The quantitative estimate of drug-likeness (QED) is 0.486. The number of nitro groups is 1. The van der Waals surface area contributed by atoms with Crippen LogP contribution in [0.3, 0.4) is 0 Å². The Morgan fingerprint density at radius 1 is 1.33 bits per heavy atom. The zero-order valence-electron chi connectivity index (χ0n) is 8.75. The Balaban J connectivity index is 2.86. The molecule has 0 saturated carbocycles. The number of carboxylic acids is 1. The van der Waals surface area contributed by atoms with E-state index in [1.807, 2.05) is 0 Å². The lowest BCUT2D eigenvalue weighted by atomic mass is 10.2. The first-order chi connectivity index (χ1) is 8.40. The van der Waals surface area contributed by atoms with Crippen molar-refractivity contribution in [3.63, 3.8) is 0 Å². The maximum atomic E-state index is 11.2. The Hall–Kier alpha value is -2.41. The first kappa shape index (κ1) is 13.7. The van der Waals surface area contributed by atoms with Crippen molar-refractivity contribution in [3.8, 4) is 0 Å². The second-order valence-corrected chi connectivity index (χ2v) is 3.47. The highest BCUT2D eigenvalue weighted by Gasteiger charge is 2.13. The van der Waals surface area contributed by atoms with Crippen LogP contribution < -0.4 is 10.4 Å². The van der Waals surface area contributed by atoms with Crippen LogP contribution in [-0.2, 0) is 9.59 Å². The summed E-state index contributed by atoms with van der Waals surface area (Å²) in [7, 11) is 0. The van der Waals surface area contributed by atoms with Gasteiger partial charge in [0.05, 0.1) is 10.9 Å². The molecule has 0 fully saturated rings. The van der Waals surface area contributed by atoms with E-state index in [-0.39, 0.29) is 16.4 Å². The number of amides is 1. The van der Waals surface area contributed by atoms with E-state index in [2.05, 4.69) is 5.32 Å². The molecule has 0 aliphatic carbocycles. The fraction of sp³-hybridized carbons (Fsp3) is 0. The van der Waals surface area contributed by atoms with Crippen molar-refractivity contribution in [1.29, 1.82) is 0 Å². The van der Waals surface area contributed by atoms with Crippen LogP contribution in [0.4, 0.5) is 11.4 Å². The summed E-state index contributed by atoms with van der Waals surface area (Å²) in [6, 6.07) is 3.66. The summed E-state index contributed by atoms with van der Waals surface area (Å²) in [6.07, 6.45) is 1.27. The molecule has 1 aromatic rings. The Labute approximate surface area is 106 Å². The SMILES string of the molecule is O=C([O-])/C=C\C(=O)Nc1ccc(Cl)c([N+](=O)[O-])c1. The molecule has 0 aliphatic heterocycles. The molecule has 0 bridgehead atoms. The van der Waals surface area contributed by atoms with Crippen molar-refractivity contribution >= 4 is 34.9 Å². The van der Waals surface area contributed by atoms with Gasteiger partial charge < -0.3 is 15.2 Å². The Morgan fingerprint density at radius 2 is 2.00 bits per heavy atom. The van der Waals surface area contributed by atoms with Gasteiger partial charge >= 0.3 is 0 Å². The van der Waals surface area contributed by atoms with Crippen molar-refractivity contribution in [2.24, 2.45) is 0 Å². The molecule has 1 N–H and O–H groups in total. The lowest BCUT2D eigenvalue weighted by Gasteiger charge is -2.03. The molecule has 0 unspecified atom stereocenters. The average Bonchev–Trinajstić information content (AvgIpc) is 2.28. The van der Waals surface area contributed by atoms with Gasteiger partial charge in [0.15, 0.2) is 0 Å². The van der Waals surface area contributed by atoms with Crippen LogP contribution >= 0.6 is 11.6 Å². The molecule has 0 aromatic heterocycles. The number of nitro benzene ring substituents is 1. The summed E-state index contributed by atoms with van der Waals surface area (Å²) < 4.78 is 0. The largest absolute Gasteiger partial charge is 0.545 e. The van der Waals surface area contributed by atoms with E-state index in [9.17, 15) is 24.8 Å². The van der Waals surface area contributed by atoms with Crippen LogP contribution in [0, 0.1) is 10.1 Å². The van der Waals surface area contributed by atoms with E-state index in [0.29, 0.717) is 6.08 Å². The molecule has 0 radical (unpaired) electrons. The highest BCUT2D eigenvalue weighted by molar-refractivity contribution is 6.32. The van der Waals surface area contributed by atoms with Gasteiger partial charge in [-0.1, -0.05) is 11.6 Å². The fourth-order valence-corrected chi connectivity index (χ4v) is 1.24. The molecule has 7 nitrogen and oxygen atoms in total. The summed E-state index contributed by atoms with van der Waals surface area (Å²) in [5.41, 5.74) is -0.238. The Kier molecular flexibility index (Phi) is 4.39. The van der Waals surface area contributed by atoms with E-state index in [1.54, 1.807) is 0 Å². The average molecular weight is 270 g/mol. The van der Waals surface area contributed by atoms with Gasteiger partial charge in [-0.3, -0.25) is 14.9 Å².